The van der Waals surface area contributed by atoms with Crippen molar-refractivity contribution in [2.45, 2.75) is 70.1 Å². The minimum atomic E-state index is -4.99. The average molecular weight is 444 g/mol. The summed E-state index contributed by atoms with van der Waals surface area (Å²) in [5, 5.41) is 0. The average Bonchev–Trinajstić information content (AvgIpc) is 2.61. The van der Waals surface area contributed by atoms with E-state index in [1.807, 2.05) is 0 Å². The van der Waals surface area contributed by atoms with Crippen LogP contribution in [-0.2, 0) is 28.6 Å². The van der Waals surface area contributed by atoms with Crippen LogP contribution in [-0.4, -0.2) is 49.3 Å². The van der Waals surface area contributed by atoms with Crippen molar-refractivity contribution in [2.75, 3.05) is 13.2 Å². The van der Waals surface area contributed by atoms with Gasteiger partial charge in [-0.2, -0.15) is 13.2 Å². The number of carbonyl (C=O) groups excluding carboxylic acids is 3. The molecule has 0 spiro atoms. The minimum Gasteiger partial charge on any atom is -0.463 e. The Morgan fingerprint density at radius 2 is 1.60 bits per heavy atom. The predicted octanol–water partition coefficient (Wildman–Crippen LogP) is 4.12. The molecule has 0 aromatic carbocycles. The van der Waals surface area contributed by atoms with Gasteiger partial charge in [-0.05, 0) is 39.0 Å². The van der Waals surface area contributed by atoms with Gasteiger partial charge in [0.2, 0.25) is 0 Å². The predicted molar refractivity (Wildman–Crippen MR) is 93.4 cm³/mol. The zero-order valence-electron chi connectivity index (χ0n) is 16.6. The van der Waals surface area contributed by atoms with Crippen molar-refractivity contribution < 1.29 is 50.5 Å². The molecule has 11 heteroatoms. The van der Waals surface area contributed by atoms with Crippen molar-refractivity contribution in [1.29, 1.82) is 0 Å². The molecular formula is C19H25F5O6. The Hall–Kier alpha value is -2.20. The van der Waals surface area contributed by atoms with E-state index in [-0.39, 0.29) is 11.7 Å². The molecule has 1 aliphatic rings. The zero-order valence-corrected chi connectivity index (χ0v) is 16.6. The summed E-state index contributed by atoms with van der Waals surface area (Å²) in [5.74, 6) is -6.52. The van der Waals surface area contributed by atoms with Crippen molar-refractivity contribution in [3.63, 3.8) is 0 Å². The summed E-state index contributed by atoms with van der Waals surface area (Å²) in [4.78, 5) is 34.9. The van der Waals surface area contributed by atoms with Crippen LogP contribution in [0, 0.1) is 5.92 Å². The van der Waals surface area contributed by atoms with Gasteiger partial charge in [0.15, 0.2) is 6.61 Å². The van der Waals surface area contributed by atoms with Gasteiger partial charge in [-0.3, -0.25) is 4.79 Å². The van der Waals surface area contributed by atoms with Crippen molar-refractivity contribution >= 4 is 17.9 Å². The summed E-state index contributed by atoms with van der Waals surface area (Å²) in [5.41, 5.74) is 0.277. The molecule has 0 aromatic heterocycles. The van der Waals surface area contributed by atoms with E-state index in [0.717, 1.165) is 0 Å². The van der Waals surface area contributed by atoms with Crippen LogP contribution in [0.1, 0.15) is 51.9 Å². The minimum absolute atomic E-state index is 0.277. The molecule has 0 radical (unpaired) electrons. The Kier molecular flexibility index (Phi) is 9.70. The highest BCUT2D eigenvalue weighted by Crippen LogP contribution is 2.34. The van der Waals surface area contributed by atoms with Crippen molar-refractivity contribution in [3.05, 3.63) is 12.2 Å². The molecule has 0 unspecified atom stereocenters. The number of hydrogen-bond donors (Lipinski definition) is 0. The number of rotatable bonds is 10. The lowest BCUT2D eigenvalue weighted by Crippen LogP contribution is -2.30. The second-order valence-corrected chi connectivity index (χ2v) is 7.24. The lowest BCUT2D eigenvalue weighted by atomic mass is 9.87. The standard InChI is InChI=1S/C19H25F5O6/c1-12(2)16(26)30-14-6-4-13(5-7-14)17(27)29-10-15(25)28-9-3-8-18(20,21)11-19(22,23)24/h13-14H,1,3-11H2,2H3. The van der Waals surface area contributed by atoms with Crippen LogP contribution in [0.5, 0.6) is 0 Å². The topological polar surface area (TPSA) is 78.9 Å². The molecule has 0 saturated heterocycles. The number of ether oxygens (including phenoxy) is 3. The molecule has 172 valence electrons. The van der Waals surface area contributed by atoms with E-state index in [1.165, 1.54) is 6.92 Å². The van der Waals surface area contributed by atoms with Crippen LogP contribution in [0.2, 0.25) is 0 Å². The molecule has 0 aromatic rings. The lowest BCUT2D eigenvalue weighted by Gasteiger charge is -2.27. The molecule has 1 fully saturated rings. The smallest absolute Gasteiger partial charge is 0.394 e. The van der Waals surface area contributed by atoms with Gasteiger partial charge in [-0.25, -0.2) is 18.4 Å². The summed E-state index contributed by atoms with van der Waals surface area (Å²) in [7, 11) is 0. The van der Waals surface area contributed by atoms with Gasteiger partial charge in [0.25, 0.3) is 5.92 Å². The second-order valence-electron chi connectivity index (χ2n) is 7.24. The molecule has 0 N–H and O–H groups in total. The molecule has 30 heavy (non-hydrogen) atoms. The van der Waals surface area contributed by atoms with Crippen LogP contribution < -0.4 is 0 Å². The van der Waals surface area contributed by atoms with E-state index < -0.39 is 68.4 Å². The first-order valence-corrected chi connectivity index (χ1v) is 9.42. The number of esters is 3. The summed E-state index contributed by atoms with van der Waals surface area (Å²) < 4.78 is 76.7. The number of hydrogen-bond acceptors (Lipinski definition) is 6. The van der Waals surface area contributed by atoms with Crippen LogP contribution in [0.3, 0.4) is 0 Å². The summed E-state index contributed by atoms with van der Waals surface area (Å²) in [6, 6.07) is 0. The fourth-order valence-corrected chi connectivity index (χ4v) is 2.86. The zero-order chi connectivity index (χ0) is 22.9. The molecule has 1 aliphatic carbocycles. The number of carbonyl (C=O) groups is 3. The Bertz CT molecular complexity index is 623. The van der Waals surface area contributed by atoms with E-state index >= 15 is 0 Å². The molecule has 6 nitrogen and oxygen atoms in total. The Morgan fingerprint density at radius 3 is 2.13 bits per heavy atom. The van der Waals surface area contributed by atoms with Gasteiger partial charge >= 0.3 is 24.1 Å². The highest BCUT2D eigenvalue weighted by Gasteiger charge is 2.43. The van der Waals surface area contributed by atoms with E-state index in [1.54, 1.807) is 0 Å². The maximum atomic E-state index is 13.1. The number of halogens is 5. The van der Waals surface area contributed by atoms with Gasteiger partial charge in [-0.1, -0.05) is 6.58 Å². The van der Waals surface area contributed by atoms with Gasteiger partial charge in [-0.15, -0.1) is 0 Å². The number of alkyl halides is 5. The third-order valence-corrected chi connectivity index (χ3v) is 4.37. The fourth-order valence-electron chi connectivity index (χ4n) is 2.86. The van der Waals surface area contributed by atoms with E-state index in [0.29, 0.717) is 25.7 Å². The van der Waals surface area contributed by atoms with E-state index in [2.05, 4.69) is 11.3 Å². The Balaban J connectivity index is 2.21. The van der Waals surface area contributed by atoms with E-state index in [9.17, 15) is 36.3 Å². The first kappa shape index (κ1) is 25.8. The van der Waals surface area contributed by atoms with Crippen LogP contribution in [0.25, 0.3) is 0 Å². The first-order chi connectivity index (χ1) is 13.8. The van der Waals surface area contributed by atoms with Crippen LogP contribution >= 0.6 is 0 Å². The largest absolute Gasteiger partial charge is 0.463 e. The maximum Gasteiger partial charge on any atom is 0.394 e. The highest BCUT2D eigenvalue weighted by atomic mass is 19.4. The third kappa shape index (κ3) is 10.5. The molecule has 1 rings (SSSR count). The van der Waals surface area contributed by atoms with Gasteiger partial charge in [0, 0.05) is 12.0 Å². The normalized spacial score (nSPS) is 19.7. The van der Waals surface area contributed by atoms with Crippen LogP contribution in [0.15, 0.2) is 12.2 Å². The van der Waals surface area contributed by atoms with Gasteiger partial charge < -0.3 is 14.2 Å². The molecule has 1 saturated carbocycles. The van der Waals surface area contributed by atoms with Crippen LogP contribution in [0.4, 0.5) is 22.0 Å². The first-order valence-electron chi connectivity index (χ1n) is 9.42. The van der Waals surface area contributed by atoms with Crippen molar-refractivity contribution in [2.24, 2.45) is 5.92 Å². The Labute approximate surface area is 170 Å². The SMILES string of the molecule is C=C(C)C(=O)OC1CCC(C(=O)OCC(=O)OCCCC(F)(F)CC(F)(F)F)CC1. The second kappa shape index (κ2) is 11.3. The summed E-state index contributed by atoms with van der Waals surface area (Å²) >= 11 is 0. The molecule has 0 amide bonds. The third-order valence-electron chi connectivity index (χ3n) is 4.37. The maximum absolute atomic E-state index is 13.1. The molecule has 0 atom stereocenters. The quantitative estimate of drug-likeness (QED) is 0.166. The summed E-state index contributed by atoms with van der Waals surface area (Å²) in [6.07, 6.45) is -7.38. The molecular weight excluding hydrogens is 419 g/mol. The van der Waals surface area contributed by atoms with E-state index in [4.69, 9.17) is 9.47 Å². The Morgan fingerprint density at radius 1 is 1.00 bits per heavy atom. The molecule has 0 bridgehead atoms. The van der Waals surface area contributed by atoms with Gasteiger partial charge in [0.1, 0.15) is 12.5 Å². The molecule has 0 aliphatic heterocycles. The monoisotopic (exact) mass is 444 g/mol. The van der Waals surface area contributed by atoms with Crippen molar-refractivity contribution in [3.8, 4) is 0 Å². The highest BCUT2D eigenvalue weighted by molar-refractivity contribution is 5.87. The van der Waals surface area contributed by atoms with Gasteiger partial charge in [0.05, 0.1) is 12.5 Å². The molecule has 0 heterocycles. The fraction of sp³-hybridized carbons (Fsp3) is 0.737. The van der Waals surface area contributed by atoms with Crippen molar-refractivity contribution in [1.82, 2.24) is 0 Å². The lowest BCUT2D eigenvalue weighted by molar-refractivity contribution is -0.190. The summed E-state index contributed by atoms with van der Waals surface area (Å²) in [6.45, 7) is 3.78.